The van der Waals surface area contributed by atoms with E-state index in [1.165, 1.54) is 6.26 Å². The summed E-state index contributed by atoms with van der Waals surface area (Å²) in [5, 5.41) is 7.28. The molecule has 17 heavy (non-hydrogen) atoms. The van der Waals surface area contributed by atoms with Crippen molar-refractivity contribution < 1.29 is 8.42 Å². The fourth-order valence-corrected chi connectivity index (χ4v) is 1.59. The topological polar surface area (TPSA) is 64.0 Å². The number of anilines is 1. The number of hydrogen-bond acceptors (Lipinski definition) is 4. The Hall–Kier alpha value is -1.04. The largest absolute Gasteiger partial charge is 0.381 e. The minimum atomic E-state index is -3.07. The van der Waals surface area contributed by atoms with Gasteiger partial charge in [-0.15, -0.1) is 0 Å². The van der Waals surface area contributed by atoms with Crippen LogP contribution in [-0.4, -0.2) is 35.7 Å². The standard InChI is InChI=1S/C11H21N3O2S/c1-5-6-14-8-10(7-13-14)12-9-11(2,3)17(4,15)16/h7-8,12H,5-6,9H2,1-4H3. The summed E-state index contributed by atoms with van der Waals surface area (Å²) in [6.45, 7) is 6.76. The first-order valence-electron chi connectivity index (χ1n) is 5.72. The van der Waals surface area contributed by atoms with Gasteiger partial charge < -0.3 is 5.32 Å². The Labute approximate surface area is 103 Å². The SMILES string of the molecule is CCCn1cc(NCC(C)(C)S(C)(=O)=O)cn1. The Morgan fingerprint density at radius 2 is 2.12 bits per heavy atom. The number of aromatic nitrogens is 2. The van der Waals surface area contributed by atoms with Crippen molar-refractivity contribution in [2.45, 2.75) is 38.5 Å². The van der Waals surface area contributed by atoms with E-state index in [1.807, 2.05) is 10.9 Å². The van der Waals surface area contributed by atoms with Crippen molar-refractivity contribution >= 4 is 15.5 Å². The van der Waals surface area contributed by atoms with E-state index in [9.17, 15) is 8.42 Å². The molecule has 0 atom stereocenters. The first-order valence-corrected chi connectivity index (χ1v) is 7.61. The average Bonchev–Trinajstić information content (AvgIpc) is 2.62. The van der Waals surface area contributed by atoms with Crippen molar-refractivity contribution in [3.8, 4) is 0 Å². The third-order valence-corrected chi connectivity index (χ3v) is 4.96. The minimum absolute atomic E-state index is 0.379. The number of sulfone groups is 1. The van der Waals surface area contributed by atoms with Crippen LogP contribution in [0, 0.1) is 0 Å². The third kappa shape index (κ3) is 3.73. The Morgan fingerprint density at radius 1 is 1.47 bits per heavy atom. The van der Waals surface area contributed by atoms with Crippen LogP contribution in [0.4, 0.5) is 5.69 Å². The van der Waals surface area contributed by atoms with Crippen LogP contribution < -0.4 is 5.32 Å². The van der Waals surface area contributed by atoms with Gasteiger partial charge in [0, 0.05) is 25.5 Å². The molecule has 0 aliphatic heterocycles. The number of rotatable bonds is 6. The highest BCUT2D eigenvalue weighted by Gasteiger charge is 2.29. The van der Waals surface area contributed by atoms with Gasteiger partial charge in [-0.3, -0.25) is 4.68 Å². The van der Waals surface area contributed by atoms with Gasteiger partial charge in [-0.1, -0.05) is 6.92 Å². The van der Waals surface area contributed by atoms with Crippen LogP contribution in [0.15, 0.2) is 12.4 Å². The molecule has 98 valence electrons. The zero-order valence-electron chi connectivity index (χ0n) is 10.9. The molecule has 1 rings (SSSR count). The molecule has 0 bridgehead atoms. The van der Waals surface area contributed by atoms with E-state index in [2.05, 4.69) is 17.3 Å². The maximum Gasteiger partial charge on any atom is 0.154 e. The molecule has 0 aliphatic rings. The van der Waals surface area contributed by atoms with E-state index in [4.69, 9.17) is 0 Å². The molecule has 0 saturated carbocycles. The predicted octanol–water partition coefficient (Wildman–Crippen LogP) is 1.53. The van der Waals surface area contributed by atoms with Crippen molar-refractivity contribution in [2.24, 2.45) is 0 Å². The molecule has 0 aliphatic carbocycles. The fourth-order valence-electron chi connectivity index (χ4n) is 1.25. The summed E-state index contributed by atoms with van der Waals surface area (Å²) in [6, 6.07) is 0. The minimum Gasteiger partial charge on any atom is -0.381 e. The smallest absolute Gasteiger partial charge is 0.154 e. The Balaban J connectivity index is 2.61. The Bertz CT molecular complexity index is 463. The van der Waals surface area contributed by atoms with Gasteiger partial charge in [-0.25, -0.2) is 8.42 Å². The molecule has 1 aromatic heterocycles. The molecule has 1 heterocycles. The maximum atomic E-state index is 11.5. The second-order valence-electron chi connectivity index (χ2n) is 4.88. The summed E-state index contributed by atoms with van der Waals surface area (Å²) < 4.78 is 24.1. The lowest BCUT2D eigenvalue weighted by atomic mass is 10.2. The second-order valence-corrected chi connectivity index (χ2v) is 7.53. The van der Waals surface area contributed by atoms with Crippen LogP contribution in [0.2, 0.25) is 0 Å². The molecule has 0 spiro atoms. The Kier molecular flexibility index (Phi) is 4.19. The quantitative estimate of drug-likeness (QED) is 0.841. The van der Waals surface area contributed by atoms with Crippen LogP contribution >= 0.6 is 0 Å². The molecule has 0 radical (unpaired) electrons. The number of nitrogens with one attached hydrogen (secondary N) is 1. The monoisotopic (exact) mass is 259 g/mol. The van der Waals surface area contributed by atoms with Gasteiger partial charge >= 0.3 is 0 Å². The third-order valence-electron chi connectivity index (χ3n) is 2.81. The first-order chi connectivity index (χ1) is 7.76. The first kappa shape index (κ1) is 14.0. The van der Waals surface area contributed by atoms with Crippen LogP contribution in [0.25, 0.3) is 0 Å². The van der Waals surface area contributed by atoms with E-state index in [1.54, 1.807) is 20.0 Å². The molecule has 5 nitrogen and oxygen atoms in total. The Morgan fingerprint density at radius 3 is 2.65 bits per heavy atom. The number of aryl methyl sites for hydroxylation is 1. The molecular formula is C11H21N3O2S. The highest BCUT2D eigenvalue weighted by molar-refractivity contribution is 7.92. The van der Waals surface area contributed by atoms with Crippen molar-refractivity contribution in [2.75, 3.05) is 18.1 Å². The number of hydrogen-bond donors (Lipinski definition) is 1. The summed E-state index contributed by atoms with van der Waals surface area (Å²) in [5.41, 5.74) is 0.857. The van der Waals surface area contributed by atoms with E-state index in [-0.39, 0.29) is 0 Å². The van der Waals surface area contributed by atoms with Crippen LogP contribution in [0.5, 0.6) is 0 Å². The van der Waals surface area contributed by atoms with Crippen molar-refractivity contribution in [3.63, 3.8) is 0 Å². The van der Waals surface area contributed by atoms with E-state index >= 15 is 0 Å². The van der Waals surface area contributed by atoms with Crippen molar-refractivity contribution in [1.82, 2.24) is 9.78 Å². The summed E-state index contributed by atoms with van der Waals surface area (Å²) in [4.78, 5) is 0. The zero-order valence-corrected chi connectivity index (χ0v) is 11.7. The lowest BCUT2D eigenvalue weighted by Crippen LogP contribution is -2.38. The number of nitrogens with zero attached hydrogens (tertiary/aromatic N) is 2. The van der Waals surface area contributed by atoms with Crippen molar-refractivity contribution in [3.05, 3.63) is 12.4 Å². The van der Waals surface area contributed by atoms with Crippen LogP contribution in [-0.2, 0) is 16.4 Å². The van der Waals surface area contributed by atoms with Gasteiger partial charge in [0.1, 0.15) is 0 Å². The average molecular weight is 259 g/mol. The van der Waals surface area contributed by atoms with Crippen LogP contribution in [0.1, 0.15) is 27.2 Å². The molecule has 0 amide bonds. The van der Waals surface area contributed by atoms with Crippen molar-refractivity contribution in [1.29, 1.82) is 0 Å². The highest BCUT2D eigenvalue weighted by Crippen LogP contribution is 2.16. The molecular weight excluding hydrogens is 238 g/mol. The molecule has 0 unspecified atom stereocenters. The highest BCUT2D eigenvalue weighted by atomic mass is 32.2. The zero-order chi connectivity index (χ0) is 13.1. The molecule has 1 aromatic rings. The van der Waals surface area contributed by atoms with E-state index in [0.29, 0.717) is 6.54 Å². The lowest BCUT2D eigenvalue weighted by Gasteiger charge is -2.22. The van der Waals surface area contributed by atoms with E-state index in [0.717, 1.165) is 18.7 Å². The summed E-state index contributed by atoms with van der Waals surface area (Å²) in [6.07, 6.45) is 5.89. The molecule has 0 fully saturated rings. The van der Waals surface area contributed by atoms with Gasteiger partial charge in [0.25, 0.3) is 0 Å². The van der Waals surface area contributed by atoms with E-state index < -0.39 is 14.6 Å². The van der Waals surface area contributed by atoms with Gasteiger partial charge in [0.2, 0.25) is 0 Å². The maximum absolute atomic E-state index is 11.5. The summed E-state index contributed by atoms with van der Waals surface area (Å²) in [5.74, 6) is 0. The van der Waals surface area contributed by atoms with Gasteiger partial charge in [-0.05, 0) is 20.3 Å². The van der Waals surface area contributed by atoms with Gasteiger partial charge in [-0.2, -0.15) is 5.10 Å². The summed E-state index contributed by atoms with van der Waals surface area (Å²) >= 11 is 0. The molecule has 0 aromatic carbocycles. The molecule has 6 heteroatoms. The normalized spacial score (nSPS) is 12.7. The van der Waals surface area contributed by atoms with Gasteiger partial charge in [0.05, 0.1) is 16.6 Å². The molecule has 1 N–H and O–H groups in total. The van der Waals surface area contributed by atoms with Gasteiger partial charge in [0.15, 0.2) is 9.84 Å². The fraction of sp³-hybridized carbons (Fsp3) is 0.727. The second kappa shape index (κ2) is 5.08. The van der Waals surface area contributed by atoms with Crippen LogP contribution in [0.3, 0.4) is 0 Å². The lowest BCUT2D eigenvalue weighted by molar-refractivity contribution is 0.560. The molecule has 0 saturated heterocycles. The predicted molar refractivity (Wildman–Crippen MR) is 69.9 cm³/mol. The summed E-state index contributed by atoms with van der Waals surface area (Å²) in [7, 11) is -3.07.